The summed E-state index contributed by atoms with van der Waals surface area (Å²) < 4.78 is 21.4. The van der Waals surface area contributed by atoms with Crippen LogP contribution in [0.5, 0.6) is 17.2 Å². The molecule has 6 heteroatoms. The van der Waals surface area contributed by atoms with Crippen molar-refractivity contribution in [3.05, 3.63) is 41.0 Å². The maximum absolute atomic E-state index is 12.7. The molecule has 26 heavy (non-hydrogen) atoms. The second kappa shape index (κ2) is 7.07. The summed E-state index contributed by atoms with van der Waals surface area (Å²) in [6, 6.07) is 6.87. The van der Waals surface area contributed by atoms with Crippen molar-refractivity contribution in [2.75, 3.05) is 28.4 Å². The Hall–Kier alpha value is -3.02. The van der Waals surface area contributed by atoms with Crippen molar-refractivity contribution in [2.24, 2.45) is 0 Å². The molecule has 0 atom stereocenters. The maximum atomic E-state index is 12.7. The number of benzene rings is 2. The molecule has 1 aliphatic rings. The summed E-state index contributed by atoms with van der Waals surface area (Å²) in [5.74, 6) is 0.790. The summed E-state index contributed by atoms with van der Waals surface area (Å²) in [7, 11) is 5.89. The molecule has 6 nitrogen and oxygen atoms in total. The zero-order valence-corrected chi connectivity index (χ0v) is 15.2. The Labute approximate surface area is 151 Å². The molecule has 0 saturated carbocycles. The van der Waals surface area contributed by atoms with E-state index in [1.807, 2.05) is 6.07 Å². The third-order valence-corrected chi connectivity index (χ3v) is 4.55. The average molecular weight is 356 g/mol. The van der Waals surface area contributed by atoms with Gasteiger partial charge in [0.1, 0.15) is 0 Å². The van der Waals surface area contributed by atoms with Gasteiger partial charge < -0.3 is 18.9 Å². The van der Waals surface area contributed by atoms with Crippen LogP contribution in [-0.4, -0.2) is 40.2 Å². The molecule has 0 fully saturated rings. The van der Waals surface area contributed by atoms with E-state index in [0.717, 1.165) is 5.56 Å². The maximum Gasteiger partial charge on any atom is 0.338 e. The topological polar surface area (TPSA) is 71.1 Å². The molecular formula is C20H20O6. The fourth-order valence-corrected chi connectivity index (χ4v) is 3.40. The van der Waals surface area contributed by atoms with Gasteiger partial charge in [-0.2, -0.15) is 0 Å². The molecule has 0 amide bonds. The highest BCUT2D eigenvalue weighted by Crippen LogP contribution is 2.50. The minimum atomic E-state index is -0.515. The molecule has 2 aromatic carbocycles. The summed E-state index contributed by atoms with van der Waals surface area (Å²) >= 11 is 0. The number of hydrogen-bond acceptors (Lipinski definition) is 6. The van der Waals surface area contributed by atoms with Gasteiger partial charge in [0.15, 0.2) is 17.3 Å². The van der Waals surface area contributed by atoms with Crippen molar-refractivity contribution >= 4 is 11.8 Å². The van der Waals surface area contributed by atoms with Crippen molar-refractivity contribution < 1.29 is 28.5 Å². The number of carbonyl (C=O) groups is 2. The number of ketones is 1. The van der Waals surface area contributed by atoms with Crippen molar-refractivity contribution in [1.82, 2.24) is 0 Å². The van der Waals surface area contributed by atoms with Crippen LogP contribution in [0.3, 0.4) is 0 Å². The molecule has 0 saturated heterocycles. The first-order valence-electron chi connectivity index (χ1n) is 8.14. The number of aryl methyl sites for hydroxylation is 1. The van der Waals surface area contributed by atoms with Crippen LogP contribution in [-0.2, 0) is 11.2 Å². The molecule has 0 heterocycles. The molecule has 3 rings (SSSR count). The van der Waals surface area contributed by atoms with Crippen LogP contribution in [0.25, 0.3) is 11.1 Å². The van der Waals surface area contributed by atoms with E-state index in [9.17, 15) is 9.59 Å². The Bertz CT molecular complexity index is 884. The van der Waals surface area contributed by atoms with Gasteiger partial charge in [-0.25, -0.2) is 4.79 Å². The van der Waals surface area contributed by atoms with Crippen LogP contribution in [0, 0.1) is 0 Å². The zero-order valence-electron chi connectivity index (χ0n) is 15.2. The second-order valence-corrected chi connectivity index (χ2v) is 5.82. The van der Waals surface area contributed by atoms with E-state index in [2.05, 4.69) is 0 Å². The smallest absolute Gasteiger partial charge is 0.338 e. The van der Waals surface area contributed by atoms with Gasteiger partial charge in [0.2, 0.25) is 5.75 Å². The van der Waals surface area contributed by atoms with E-state index < -0.39 is 5.97 Å². The van der Waals surface area contributed by atoms with E-state index in [1.165, 1.54) is 21.3 Å². The quantitative estimate of drug-likeness (QED) is 0.783. The average Bonchev–Trinajstić information content (AvgIpc) is 2.82. The Balaban J connectivity index is 2.46. The number of fused-ring (bicyclic) bond motifs is 3. The van der Waals surface area contributed by atoms with Crippen LogP contribution >= 0.6 is 0 Å². The second-order valence-electron chi connectivity index (χ2n) is 5.82. The molecule has 0 unspecified atom stereocenters. The third kappa shape index (κ3) is 2.67. The standard InChI is InChI=1S/C20H20O6/c1-23-15-10-11-8-9-14(21)12-6-5-7-13(20(22)26-4)17(12)16(11)19(25-3)18(15)24-2/h5-7,10H,8-9H2,1-4H3. The van der Waals surface area contributed by atoms with Crippen LogP contribution in [0.1, 0.15) is 32.7 Å². The SMILES string of the molecule is COC(=O)c1cccc2c1-c1c(cc(OC)c(OC)c1OC)CCC2=O. The summed E-state index contributed by atoms with van der Waals surface area (Å²) in [4.78, 5) is 25.1. The molecule has 2 aromatic rings. The Morgan fingerprint density at radius 3 is 2.27 bits per heavy atom. The number of methoxy groups -OCH3 is 4. The number of esters is 1. The predicted molar refractivity (Wildman–Crippen MR) is 95.5 cm³/mol. The van der Waals surface area contributed by atoms with Gasteiger partial charge >= 0.3 is 5.97 Å². The number of hydrogen-bond donors (Lipinski definition) is 0. The monoisotopic (exact) mass is 356 g/mol. The first-order chi connectivity index (χ1) is 12.6. The summed E-state index contributed by atoms with van der Waals surface area (Å²) in [6.07, 6.45) is 0.823. The van der Waals surface area contributed by atoms with Crippen LogP contribution in [0.4, 0.5) is 0 Å². The molecule has 0 aliphatic heterocycles. The molecule has 0 bridgehead atoms. The number of carbonyl (C=O) groups excluding carboxylic acids is 2. The van der Waals surface area contributed by atoms with E-state index in [0.29, 0.717) is 52.3 Å². The van der Waals surface area contributed by atoms with E-state index >= 15 is 0 Å². The lowest BCUT2D eigenvalue weighted by atomic mass is 9.90. The summed E-state index contributed by atoms with van der Waals surface area (Å²) in [5, 5.41) is 0. The van der Waals surface area contributed by atoms with Gasteiger partial charge in [-0.3, -0.25) is 4.79 Å². The molecule has 0 N–H and O–H groups in total. The molecule has 0 radical (unpaired) electrons. The first kappa shape index (κ1) is 17.8. The number of Topliss-reactive ketones (excluding diaryl/α,β-unsaturated/α-hetero) is 1. The highest BCUT2D eigenvalue weighted by atomic mass is 16.5. The van der Waals surface area contributed by atoms with Crippen molar-refractivity contribution in [3.63, 3.8) is 0 Å². The molecule has 136 valence electrons. The lowest BCUT2D eigenvalue weighted by Crippen LogP contribution is -2.09. The Morgan fingerprint density at radius 1 is 0.923 bits per heavy atom. The van der Waals surface area contributed by atoms with Crippen molar-refractivity contribution in [3.8, 4) is 28.4 Å². The van der Waals surface area contributed by atoms with Gasteiger partial charge in [0.25, 0.3) is 0 Å². The zero-order chi connectivity index (χ0) is 18.8. The van der Waals surface area contributed by atoms with E-state index in [4.69, 9.17) is 18.9 Å². The fourth-order valence-electron chi connectivity index (χ4n) is 3.40. The lowest BCUT2D eigenvalue weighted by molar-refractivity contribution is 0.0601. The fraction of sp³-hybridized carbons (Fsp3) is 0.300. The first-order valence-corrected chi connectivity index (χ1v) is 8.14. The van der Waals surface area contributed by atoms with Crippen molar-refractivity contribution in [1.29, 1.82) is 0 Å². The molecule has 0 aromatic heterocycles. The van der Waals surface area contributed by atoms with Crippen LogP contribution in [0.2, 0.25) is 0 Å². The largest absolute Gasteiger partial charge is 0.493 e. The van der Waals surface area contributed by atoms with Crippen LogP contribution in [0.15, 0.2) is 24.3 Å². The highest BCUT2D eigenvalue weighted by molar-refractivity contribution is 6.11. The molecular weight excluding hydrogens is 336 g/mol. The van der Waals surface area contributed by atoms with Gasteiger partial charge in [0, 0.05) is 23.1 Å². The predicted octanol–water partition coefficient (Wildman–Crippen LogP) is 3.29. The van der Waals surface area contributed by atoms with E-state index in [1.54, 1.807) is 25.3 Å². The van der Waals surface area contributed by atoms with Crippen molar-refractivity contribution in [2.45, 2.75) is 12.8 Å². The Morgan fingerprint density at radius 2 is 1.65 bits per heavy atom. The summed E-state index contributed by atoms with van der Waals surface area (Å²) in [6.45, 7) is 0. The molecule has 0 spiro atoms. The number of rotatable bonds is 4. The highest BCUT2D eigenvalue weighted by Gasteiger charge is 2.31. The summed E-state index contributed by atoms with van der Waals surface area (Å²) in [5.41, 5.74) is 2.80. The van der Waals surface area contributed by atoms with Gasteiger partial charge in [-0.05, 0) is 24.1 Å². The Kier molecular flexibility index (Phi) is 4.84. The molecule has 1 aliphatic carbocycles. The van der Waals surface area contributed by atoms with E-state index in [-0.39, 0.29) is 5.78 Å². The van der Waals surface area contributed by atoms with Gasteiger partial charge in [-0.15, -0.1) is 0 Å². The lowest BCUT2D eigenvalue weighted by Gasteiger charge is -2.20. The number of ether oxygens (including phenoxy) is 4. The minimum Gasteiger partial charge on any atom is -0.493 e. The normalized spacial score (nSPS) is 12.5. The minimum absolute atomic E-state index is 0.0399. The van der Waals surface area contributed by atoms with Gasteiger partial charge in [0.05, 0.1) is 34.0 Å². The third-order valence-electron chi connectivity index (χ3n) is 4.55. The van der Waals surface area contributed by atoms with Gasteiger partial charge in [-0.1, -0.05) is 12.1 Å². The van der Waals surface area contributed by atoms with Crippen LogP contribution < -0.4 is 14.2 Å².